The number of rotatable bonds is 2. The highest BCUT2D eigenvalue weighted by Gasteiger charge is 2.41. The highest BCUT2D eigenvalue weighted by Crippen LogP contribution is 2.24. The monoisotopic (exact) mass is 198 g/mol. The summed E-state index contributed by atoms with van der Waals surface area (Å²) in [5, 5.41) is 0. The Kier molecular flexibility index (Phi) is 2.75. The lowest BCUT2D eigenvalue weighted by atomic mass is 10.2. The SMILES string of the molecule is CC1(C(=O)C(Cl)Cl)OCCO1. The third kappa shape index (κ3) is 1.85. The molecule has 64 valence electrons. The molecule has 0 N–H and O–H groups in total. The number of ether oxygens (including phenoxy) is 2. The maximum Gasteiger partial charge on any atom is 0.229 e. The van der Waals surface area contributed by atoms with Crippen LogP contribution in [-0.2, 0) is 14.3 Å². The molecule has 0 saturated carbocycles. The molecule has 1 rings (SSSR count). The van der Waals surface area contributed by atoms with E-state index in [1.807, 2.05) is 0 Å². The van der Waals surface area contributed by atoms with Crippen LogP contribution in [0.2, 0.25) is 0 Å². The standard InChI is InChI=1S/C6H8Cl2O3/c1-6(4(9)5(7)8)10-2-3-11-6/h5H,2-3H2,1H3. The first kappa shape index (κ1) is 9.26. The predicted octanol–water partition coefficient (Wildman–Crippen LogP) is 1.12. The van der Waals surface area contributed by atoms with Gasteiger partial charge in [0.15, 0.2) is 4.84 Å². The number of carbonyl (C=O) groups excluding carboxylic acids is 1. The molecule has 3 nitrogen and oxygen atoms in total. The molecular weight excluding hydrogens is 191 g/mol. The van der Waals surface area contributed by atoms with Gasteiger partial charge in [0.25, 0.3) is 0 Å². The third-order valence-corrected chi connectivity index (χ3v) is 1.88. The summed E-state index contributed by atoms with van der Waals surface area (Å²) in [4.78, 5) is 10.1. The number of hydrogen-bond donors (Lipinski definition) is 0. The molecule has 0 amide bonds. The van der Waals surface area contributed by atoms with Crippen molar-refractivity contribution in [2.45, 2.75) is 17.5 Å². The fourth-order valence-corrected chi connectivity index (χ4v) is 1.25. The summed E-state index contributed by atoms with van der Waals surface area (Å²) in [5.41, 5.74) is 0. The van der Waals surface area contributed by atoms with Crippen LogP contribution >= 0.6 is 23.2 Å². The average Bonchev–Trinajstić information content (AvgIpc) is 2.35. The summed E-state index contributed by atoms with van der Waals surface area (Å²) in [6.45, 7) is 2.32. The van der Waals surface area contributed by atoms with E-state index < -0.39 is 16.4 Å². The summed E-state index contributed by atoms with van der Waals surface area (Å²) < 4.78 is 10.0. The van der Waals surface area contributed by atoms with Crippen LogP contribution < -0.4 is 0 Å². The zero-order valence-electron chi connectivity index (χ0n) is 5.97. The molecule has 1 fully saturated rings. The van der Waals surface area contributed by atoms with Crippen molar-refractivity contribution in [1.29, 1.82) is 0 Å². The molecule has 1 aliphatic heterocycles. The van der Waals surface area contributed by atoms with Gasteiger partial charge in [-0.25, -0.2) is 0 Å². The Hall–Kier alpha value is 0.170. The van der Waals surface area contributed by atoms with Crippen molar-refractivity contribution in [2.24, 2.45) is 0 Å². The van der Waals surface area contributed by atoms with E-state index in [4.69, 9.17) is 32.7 Å². The van der Waals surface area contributed by atoms with E-state index in [9.17, 15) is 4.79 Å². The molecular formula is C6H8Cl2O3. The molecule has 0 aromatic heterocycles. The van der Waals surface area contributed by atoms with E-state index in [2.05, 4.69) is 0 Å². The highest BCUT2D eigenvalue weighted by atomic mass is 35.5. The average molecular weight is 199 g/mol. The van der Waals surface area contributed by atoms with Crippen LogP contribution in [0, 0.1) is 0 Å². The molecule has 1 saturated heterocycles. The van der Waals surface area contributed by atoms with Crippen LogP contribution in [0.1, 0.15) is 6.92 Å². The molecule has 0 spiro atoms. The van der Waals surface area contributed by atoms with Crippen molar-refractivity contribution in [1.82, 2.24) is 0 Å². The van der Waals surface area contributed by atoms with Crippen molar-refractivity contribution in [3.8, 4) is 0 Å². The van der Waals surface area contributed by atoms with Crippen molar-refractivity contribution >= 4 is 29.0 Å². The van der Waals surface area contributed by atoms with E-state index in [0.29, 0.717) is 13.2 Å². The zero-order chi connectivity index (χ0) is 8.48. The van der Waals surface area contributed by atoms with Gasteiger partial charge < -0.3 is 9.47 Å². The fraction of sp³-hybridized carbons (Fsp3) is 0.833. The summed E-state index contributed by atoms with van der Waals surface area (Å²) >= 11 is 10.7. The number of halogens is 2. The lowest BCUT2D eigenvalue weighted by Crippen LogP contribution is -2.39. The van der Waals surface area contributed by atoms with Gasteiger partial charge in [0.05, 0.1) is 13.2 Å². The molecule has 1 aliphatic rings. The molecule has 0 unspecified atom stereocenters. The van der Waals surface area contributed by atoms with Crippen LogP contribution in [-0.4, -0.2) is 29.6 Å². The van der Waals surface area contributed by atoms with E-state index >= 15 is 0 Å². The minimum atomic E-state index is -1.23. The summed E-state index contributed by atoms with van der Waals surface area (Å²) in [7, 11) is 0. The quantitative estimate of drug-likeness (QED) is 0.625. The van der Waals surface area contributed by atoms with Crippen LogP contribution in [0.3, 0.4) is 0 Å². The summed E-state index contributed by atoms with van der Waals surface area (Å²) in [6.07, 6.45) is 0. The van der Waals surface area contributed by atoms with E-state index in [1.165, 1.54) is 6.92 Å². The lowest BCUT2D eigenvalue weighted by molar-refractivity contribution is -0.171. The van der Waals surface area contributed by atoms with E-state index in [-0.39, 0.29) is 0 Å². The Morgan fingerprint density at radius 3 is 2.27 bits per heavy atom. The smallest absolute Gasteiger partial charge is 0.229 e. The van der Waals surface area contributed by atoms with E-state index in [1.54, 1.807) is 0 Å². The van der Waals surface area contributed by atoms with Gasteiger partial charge in [-0.15, -0.1) is 0 Å². The number of Topliss-reactive ketones (excluding diaryl/α,β-unsaturated/α-hetero) is 1. The molecule has 11 heavy (non-hydrogen) atoms. The van der Waals surface area contributed by atoms with Gasteiger partial charge in [-0.2, -0.15) is 0 Å². The lowest BCUT2D eigenvalue weighted by Gasteiger charge is -2.20. The Balaban J connectivity index is 2.64. The van der Waals surface area contributed by atoms with Crippen molar-refractivity contribution in [3.63, 3.8) is 0 Å². The molecule has 0 bridgehead atoms. The third-order valence-electron chi connectivity index (χ3n) is 1.48. The van der Waals surface area contributed by atoms with Gasteiger partial charge in [-0.05, 0) is 6.92 Å². The molecule has 5 heteroatoms. The second-order valence-electron chi connectivity index (χ2n) is 2.31. The van der Waals surface area contributed by atoms with Crippen LogP contribution in [0.4, 0.5) is 0 Å². The normalized spacial score (nSPS) is 22.5. The number of hydrogen-bond acceptors (Lipinski definition) is 3. The summed E-state index contributed by atoms with van der Waals surface area (Å²) in [5.74, 6) is -1.67. The Morgan fingerprint density at radius 1 is 1.45 bits per heavy atom. The summed E-state index contributed by atoms with van der Waals surface area (Å²) in [6, 6.07) is 0. The first-order valence-electron chi connectivity index (χ1n) is 3.16. The first-order chi connectivity index (χ1) is 5.06. The molecule has 1 heterocycles. The van der Waals surface area contributed by atoms with Crippen molar-refractivity contribution in [2.75, 3.05) is 13.2 Å². The highest BCUT2D eigenvalue weighted by molar-refractivity contribution is 6.54. The molecule has 0 atom stereocenters. The Bertz CT molecular complexity index is 163. The Labute approximate surface area is 74.6 Å². The van der Waals surface area contributed by atoms with Crippen LogP contribution in [0.25, 0.3) is 0 Å². The number of ketones is 1. The molecule has 0 aliphatic carbocycles. The fourth-order valence-electron chi connectivity index (χ4n) is 0.855. The van der Waals surface area contributed by atoms with Gasteiger partial charge in [0, 0.05) is 0 Å². The second kappa shape index (κ2) is 3.27. The number of carbonyl (C=O) groups is 1. The topological polar surface area (TPSA) is 35.5 Å². The van der Waals surface area contributed by atoms with Crippen molar-refractivity contribution < 1.29 is 14.3 Å². The van der Waals surface area contributed by atoms with Gasteiger partial charge in [-0.3, -0.25) is 4.79 Å². The molecule has 0 aromatic rings. The van der Waals surface area contributed by atoms with Gasteiger partial charge in [-0.1, -0.05) is 23.2 Å². The minimum absolute atomic E-state index is 0.405. The van der Waals surface area contributed by atoms with Gasteiger partial charge >= 0.3 is 0 Å². The maximum absolute atomic E-state index is 11.2. The van der Waals surface area contributed by atoms with E-state index in [0.717, 1.165) is 0 Å². The maximum atomic E-state index is 11.2. The molecule has 0 aromatic carbocycles. The Morgan fingerprint density at radius 2 is 1.91 bits per heavy atom. The second-order valence-corrected chi connectivity index (χ2v) is 3.40. The predicted molar refractivity (Wildman–Crippen MR) is 40.8 cm³/mol. The minimum Gasteiger partial charge on any atom is -0.341 e. The largest absolute Gasteiger partial charge is 0.341 e. The van der Waals surface area contributed by atoms with Gasteiger partial charge in [0.1, 0.15) is 0 Å². The zero-order valence-corrected chi connectivity index (χ0v) is 7.48. The van der Waals surface area contributed by atoms with Gasteiger partial charge in [0.2, 0.25) is 11.6 Å². The number of alkyl halides is 2. The van der Waals surface area contributed by atoms with Crippen LogP contribution in [0.5, 0.6) is 0 Å². The molecule has 0 radical (unpaired) electrons. The van der Waals surface area contributed by atoms with Crippen molar-refractivity contribution in [3.05, 3.63) is 0 Å². The first-order valence-corrected chi connectivity index (χ1v) is 4.04. The van der Waals surface area contributed by atoms with Crippen LogP contribution in [0.15, 0.2) is 0 Å².